The Kier molecular flexibility index (Phi) is 6.34. The predicted octanol–water partition coefficient (Wildman–Crippen LogP) is 4.74. The molecule has 3 rings (SSSR count). The SMILES string of the molecule is Cc1cccc(C(=O)Oc2ccc(C=NNC(=O)c3ccc(Br)cc3)cc2)c1. The molecule has 0 saturated heterocycles. The van der Waals surface area contributed by atoms with Gasteiger partial charge in [0, 0.05) is 10.0 Å². The van der Waals surface area contributed by atoms with E-state index in [2.05, 4.69) is 26.5 Å². The Hall–Kier alpha value is -3.25. The quantitative estimate of drug-likeness (QED) is 0.271. The lowest BCUT2D eigenvalue weighted by Gasteiger charge is -2.05. The van der Waals surface area contributed by atoms with Crippen LogP contribution in [0.25, 0.3) is 0 Å². The molecule has 6 heteroatoms. The Morgan fingerprint density at radius 3 is 2.36 bits per heavy atom. The van der Waals surface area contributed by atoms with E-state index in [-0.39, 0.29) is 5.91 Å². The van der Waals surface area contributed by atoms with Crippen molar-refractivity contribution < 1.29 is 14.3 Å². The number of benzene rings is 3. The van der Waals surface area contributed by atoms with Crippen LogP contribution in [-0.2, 0) is 0 Å². The summed E-state index contributed by atoms with van der Waals surface area (Å²) in [6.45, 7) is 1.92. The maximum atomic E-state index is 12.2. The van der Waals surface area contributed by atoms with Crippen LogP contribution in [0.3, 0.4) is 0 Å². The number of esters is 1. The van der Waals surface area contributed by atoms with Crippen molar-refractivity contribution in [1.29, 1.82) is 0 Å². The molecule has 3 aromatic carbocycles. The highest BCUT2D eigenvalue weighted by molar-refractivity contribution is 9.10. The molecule has 0 atom stereocenters. The number of hydrogen-bond acceptors (Lipinski definition) is 4. The molecule has 5 nitrogen and oxygen atoms in total. The minimum Gasteiger partial charge on any atom is -0.423 e. The van der Waals surface area contributed by atoms with E-state index < -0.39 is 5.97 Å². The monoisotopic (exact) mass is 436 g/mol. The van der Waals surface area contributed by atoms with Crippen LogP contribution in [-0.4, -0.2) is 18.1 Å². The molecule has 140 valence electrons. The van der Waals surface area contributed by atoms with Gasteiger partial charge in [-0.15, -0.1) is 0 Å². The number of nitrogens with one attached hydrogen (secondary N) is 1. The fraction of sp³-hybridized carbons (Fsp3) is 0.0455. The molecular weight excluding hydrogens is 420 g/mol. The number of carbonyl (C=O) groups is 2. The summed E-state index contributed by atoms with van der Waals surface area (Å²) >= 11 is 3.32. The molecule has 0 radical (unpaired) electrons. The van der Waals surface area contributed by atoms with Gasteiger partial charge in [-0.1, -0.05) is 33.6 Å². The number of rotatable bonds is 5. The van der Waals surface area contributed by atoms with E-state index in [9.17, 15) is 9.59 Å². The summed E-state index contributed by atoms with van der Waals surface area (Å²) in [4.78, 5) is 24.1. The van der Waals surface area contributed by atoms with E-state index in [1.807, 2.05) is 19.1 Å². The summed E-state index contributed by atoms with van der Waals surface area (Å²) in [7, 11) is 0. The molecule has 0 aliphatic heterocycles. The normalized spacial score (nSPS) is 10.6. The zero-order valence-corrected chi connectivity index (χ0v) is 16.6. The summed E-state index contributed by atoms with van der Waals surface area (Å²) in [5.74, 6) is -0.276. The van der Waals surface area contributed by atoms with Crippen LogP contribution in [0.1, 0.15) is 31.8 Å². The van der Waals surface area contributed by atoms with Gasteiger partial charge in [0.05, 0.1) is 11.8 Å². The first-order chi connectivity index (χ1) is 13.5. The summed E-state index contributed by atoms with van der Waals surface area (Å²) in [6.07, 6.45) is 1.52. The first-order valence-electron chi connectivity index (χ1n) is 8.49. The maximum Gasteiger partial charge on any atom is 0.343 e. The summed E-state index contributed by atoms with van der Waals surface area (Å²) < 4.78 is 6.26. The van der Waals surface area contributed by atoms with E-state index in [0.717, 1.165) is 15.6 Å². The largest absolute Gasteiger partial charge is 0.423 e. The van der Waals surface area contributed by atoms with Crippen molar-refractivity contribution in [3.63, 3.8) is 0 Å². The van der Waals surface area contributed by atoms with Crippen LogP contribution in [0.2, 0.25) is 0 Å². The first kappa shape index (κ1) is 19.5. The summed E-state index contributed by atoms with van der Waals surface area (Å²) in [5.41, 5.74) is 5.23. The van der Waals surface area contributed by atoms with Gasteiger partial charge in [0.1, 0.15) is 5.75 Å². The van der Waals surface area contributed by atoms with Gasteiger partial charge in [0.2, 0.25) is 0 Å². The molecule has 1 amide bonds. The predicted molar refractivity (Wildman–Crippen MR) is 112 cm³/mol. The zero-order chi connectivity index (χ0) is 19.9. The van der Waals surface area contributed by atoms with Crippen LogP contribution in [0.15, 0.2) is 82.4 Å². The van der Waals surface area contributed by atoms with Crippen LogP contribution in [0, 0.1) is 6.92 Å². The minimum absolute atomic E-state index is 0.299. The Bertz CT molecular complexity index is 1010. The van der Waals surface area contributed by atoms with Gasteiger partial charge in [-0.3, -0.25) is 4.79 Å². The molecule has 28 heavy (non-hydrogen) atoms. The van der Waals surface area contributed by atoms with Crippen molar-refractivity contribution in [3.05, 3.63) is 99.5 Å². The standard InChI is InChI=1S/C22H17BrN2O3/c1-15-3-2-4-18(13-15)22(27)28-20-11-5-16(6-12-20)14-24-25-21(26)17-7-9-19(23)10-8-17/h2-14H,1H3,(H,25,26). The molecule has 0 aromatic heterocycles. The van der Waals surface area contributed by atoms with Gasteiger partial charge >= 0.3 is 5.97 Å². The summed E-state index contributed by atoms with van der Waals surface area (Å²) in [5, 5.41) is 3.94. The number of carbonyl (C=O) groups excluding carboxylic acids is 2. The molecule has 0 unspecified atom stereocenters. The van der Waals surface area contributed by atoms with Crippen molar-refractivity contribution in [3.8, 4) is 5.75 Å². The van der Waals surface area contributed by atoms with Crippen molar-refractivity contribution in [1.82, 2.24) is 5.43 Å². The van der Waals surface area contributed by atoms with Gasteiger partial charge < -0.3 is 4.74 Å². The molecule has 0 aliphatic rings. The third-order valence-corrected chi connectivity index (χ3v) is 4.36. The van der Waals surface area contributed by atoms with Crippen LogP contribution in [0.4, 0.5) is 0 Å². The average Bonchev–Trinajstić information content (AvgIpc) is 2.69. The highest BCUT2D eigenvalue weighted by Crippen LogP contribution is 2.14. The third-order valence-electron chi connectivity index (χ3n) is 3.83. The van der Waals surface area contributed by atoms with Crippen LogP contribution < -0.4 is 10.2 Å². The van der Waals surface area contributed by atoms with Crippen molar-refractivity contribution >= 4 is 34.0 Å². The highest BCUT2D eigenvalue weighted by Gasteiger charge is 2.08. The minimum atomic E-state index is -0.410. The van der Waals surface area contributed by atoms with Crippen molar-refractivity contribution in [2.45, 2.75) is 6.92 Å². The van der Waals surface area contributed by atoms with Gasteiger partial charge in [-0.05, 0) is 73.2 Å². The van der Waals surface area contributed by atoms with E-state index >= 15 is 0 Å². The molecular formula is C22H17BrN2O3. The first-order valence-corrected chi connectivity index (χ1v) is 9.28. The molecule has 1 N–H and O–H groups in total. The van der Waals surface area contributed by atoms with E-state index in [4.69, 9.17) is 4.74 Å². The van der Waals surface area contributed by atoms with Gasteiger partial charge in [-0.25, -0.2) is 10.2 Å². The third kappa shape index (κ3) is 5.37. The smallest absolute Gasteiger partial charge is 0.343 e. The molecule has 0 heterocycles. The lowest BCUT2D eigenvalue weighted by molar-refractivity contribution is 0.0734. The van der Waals surface area contributed by atoms with E-state index in [1.165, 1.54) is 6.21 Å². The molecule has 0 spiro atoms. The second-order valence-electron chi connectivity index (χ2n) is 6.03. The Balaban J connectivity index is 1.56. The number of hydrazone groups is 1. The van der Waals surface area contributed by atoms with E-state index in [1.54, 1.807) is 60.7 Å². The topological polar surface area (TPSA) is 67.8 Å². The van der Waals surface area contributed by atoms with Gasteiger partial charge in [0.25, 0.3) is 5.91 Å². The number of hydrogen-bond donors (Lipinski definition) is 1. The lowest BCUT2D eigenvalue weighted by Crippen LogP contribution is -2.17. The highest BCUT2D eigenvalue weighted by atomic mass is 79.9. The summed E-state index contributed by atoms with van der Waals surface area (Å²) in [6, 6.07) is 21.0. The molecule has 0 aliphatic carbocycles. The number of nitrogens with zero attached hydrogens (tertiary/aromatic N) is 1. The number of ether oxygens (including phenoxy) is 1. The van der Waals surface area contributed by atoms with Crippen molar-refractivity contribution in [2.24, 2.45) is 5.10 Å². The Morgan fingerprint density at radius 2 is 1.68 bits per heavy atom. The fourth-order valence-electron chi connectivity index (χ4n) is 2.39. The zero-order valence-electron chi connectivity index (χ0n) is 15.1. The molecule has 0 fully saturated rings. The molecule has 3 aromatic rings. The second kappa shape index (κ2) is 9.10. The number of amides is 1. The van der Waals surface area contributed by atoms with Gasteiger partial charge in [0.15, 0.2) is 0 Å². The Labute approximate surface area is 171 Å². The maximum absolute atomic E-state index is 12.2. The average molecular weight is 437 g/mol. The molecule has 0 bridgehead atoms. The molecule has 0 saturated carbocycles. The lowest BCUT2D eigenvalue weighted by atomic mass is 10.1. The fourth-order valence-corrected chi connectivity index (χ4v) is 2.66. The Morgan fingerprint density at radius 1 is 0.964 bits per heavy atom. The number of aryl methyl sites for hydroxylation is 1. The second-order valence-corrected chi connectivity index (χ2v) is 6.95. The van der Waals surface area contributed by atoms with Crippen LogP contribution in [0.5, 0.6) is 5.75 Å². The van der Waals surface area contributed by atoms with Crippen molar-refractivity contribution in [2.75, 3.05) is 0 Å². The van der Waals surface area contributed by atoms with E-state index in [0.29, 0.717) is 16.9 Å². The van der Waals surface area contributed by atoms with Gasteiger partial charge in [-0.2, -0.15) is 5.10 Å². The number of halogens is 1. The van der Waals surface area contributed by atoms with Crippen LogP contribution >= 0.6 is 15.9 Å².